The number of ether oxygens (including phenoxy) is 1. The van der Waals surface area contributed by atoms with Crippen molar-refractivity contribution >= 4 is 29.1 Å². The molecule has 2 aliphatic heterocycles. The zero-order valence-corrected chi connectivity index (χ0v) is 20.4. The minimum atomic E-state index is -1.01. The molecule has 192 valence electrons. The van der Waals surface area contributed by atoms with Crippen LogP contribution in [0.4, 0.5) is 10.1 Å². The van der Waals surface area contributed by atoms with E-state index in [0.29, 0.717) is 41.3 Å². The number of carboxylic acid groups (broad SMARTS) is 1. The summed E-state index contributed by atoms with van der Waals surface area (Å²) in [6.45, 7) is 2.83. The molecule has 13 heteroatoms. The summed E-state index contributed by atoms with van der Waals surface area (Å²) in [5, 5.41) is 30.3. The van der Waals surface area contributed by atoms with Gasteiger partial charge in [0.1, 0.15) is 11.9 Å². The minimum absolute atomic E-state index is 0.0929. The molecule has 1 saturated heterocycles. The molecule has 0 amide bonds. The van der Waals surface area contributed by atoms with Crippen LogP contribution in [0.2, 0.25) is 0 Å². The molecular formula is C24H23FN6O5S. The van der Waals surface area contributed by atoms with Crippen molar-refractivity contribution in [1.29, 1.82) is 0 Å². The number of hydrogen-bond acceptors (Lipinski definition) is 9. The molecule has 37 heavy (non-hydrogen) atoms. The van der Waals surface area contributed by atoms with Gasteiger partial charge in [-0.15, -0.1) is 10.2 Å². The molecule has 5 rings (SSSR count). The number of thioether (sulfide) groups is 1. The number of aliphatic carboxylic acids is 1. The predicted octanol–water partition coefficient (Wildman–Crippen LogP) is 3.45. The SMILES string of the molecule is O=C(O)CC[C@@H]1N=C(c2ccccc2F)c2cc([N+](=O)[O-])ccc2-n2c(SCN3CCOCC3)nnc21. The van der Waals surface area contributed by atoms with Gasteiger partial charge in [0.2, 0.25) is 0 Å². The normalized spacial score (nSPS) is 17.4. The number of nitro groups is 1. The third kappa shape index (κ3) is 5.24. The van der Waals surface area contributed by atoms with Crippen molar-refractivity contribution in [3.05, 3.63) is 75.3 Å². The number of rotatable bonds is 8. The molecule has 1 aromatic heterocycles. The molecule has 11 nitrogen and oxygen atoms in total. The number of aliphatic imine (C=N–C) groups is 1. The first kappa shape index (κ1) is 25.0. The minimum Gasteiger partial charge on any atom is -0.481 e. The van der Waals surface area contributed by atoms with E-state index in [1.807, 2.05) is 0 Å². The third-order valence-electron chi connectivity index (χ3n) is 6.17. The van der Waals surface area contributed by atoms with E-state index in [0.717, 1.165) is 13.1 Å². The molecule has 0 unspecified atom stereocenters. The fraction of sp³-hybridized carbons (Fsp3) is 0.333. The highest BCUT2D eigenvalue weighted by Gasteiger charge is 2.31. The fourth-order valence-electron chi connectivity index (χ4n) is 4.32. The molecule has 1 atom stereocenters. The zero-order valence-electron chi connectivity index (χ0n) is 19.6. The summed E-state index contributed by atoms with van der Waals surface area (Å²) >= 11 is 1.44. The molecule has 0 radical (unpaired) electrons. The summed E-state index contributed by atoms with van der Waals surface area (Å²) in [6.07, 6.45) is -0.103. The van der Waals surface area contributed by atoms with Gasteiger partial charge in [0.25, 0.3) is 5.69 Å². The van der Waals surface area contributed by atoms with Crippen LogP contribution >= 0.6 is 11.8 Å². The molecule has 1 fully saturated rings. The number of hydrogen-bond donors (Lipinski definition) is 1. The summed E-state index contributed by atoms with van der Waals surface area (Å²) in [6, 6.07) is 9.58. The van der Waals surface area contributed by atoms with Gasteiger partial charge in [0, 0.05) is 42.8 Å². The quantitative estimate of drug-likeness (QED) is 0.266. The average Bonchev–Trinajstić information content (AvgIpc) is 3.26. The van der Waals surface area contributed by atoms with Crippen LogP contribution in [0.3, 0.4) is 0 Å². The highest BCUT2D eigenvalue weighted by Crippen LogP contribution is 2.37. The van der Waals surface area contributed by atoms with Crippen molar-refractivity contribution in [2.75, 3.05) is 32.2 Å². The van der Waals surface area contributed by atoms with Crippen molar-refractivity contribution in [1.82, 2.24) is 19.7 Å². The predicted molar refractivity (Wildman–Crippen MR) is 133 cm³/mol. The second-order valence-corrected chi connectivity index (χ2v) is 9.46. The Morgan fingerprint density at radius 1 is 1.19 bits per heavy atom. The second-order valence-electron chi connectivity index (χ2n) is 8.54. The van der Waals surface area contributed by atoms with E-state index in [-0.39, 0.29) is 29.8 Å². The molecule has 2 aromatic carbocycles. The monoisotopic (exact) mass is 526 g/mol. The lowest BCUT2D eigenvalue weighted by Gasteiger charge is -2.25. The van der Waals surface area contributed by atoms with E-state index in [9.17, 15) is 24.4 Å². The Morgan fingerprint density at radius 2 is 1.97 bits per heavy atom. The lowest BCUT2D eigenvalue weighted by molar-refractivity contribution is -0.384. The van der Waals surface area contributed by atoms with Gasteiger partial charge in [-0.2, -0.15) is 0 Å². The number of fused-ring (bicyclic) bond motifs is 3. The van der Waals surface area contributed by atoms with Gasteiger partial charge in [-0.1, -0.05) is 23.9 Å². The van der Waals surface area contributed by atoms with E-state index in [2.05, 4.69) is 15.1 Å². The number of benzene rings is 2. The number of morpholine rings is 1. The largest absolute Gasteiger partial charge is 0.481 e. The third-order valence-corrected chi connectivity index (χ3v) is 7.19. The molecule has 1 N–H and O–H groups in total. The number of nitrogens with zero attached hydrogens (tertiary/aromatic N) is 6. The molecule has 0 spiro atoms. The molecular weight excluding hydrogens is 503 g/mol. The number of carbonyl (C=O) groups is 1. The molecule has 3 heterocycles. The summed E-state index contributed by atoms with van der Waals surface area (Å²) in [4.78, 5) is 29.5. The van der Waals surface area contributed by atoms with E-state index in [1.54, 1.807) is 28.8 Å². The summed E-state index contributed by atoms with van der Waals surface area (Å²) in [5.41, 5.74) is 1.03. The van der Waals surface area contributed by atoms with Crippen LogP contribution in [0.5, 0.6) is 0 Å². The smallest absolute Gasteiger partial charge is 0.303 e. The van der Waals surface area contributed by atoms with Gasteiger partial charge < -0.3 is 9.84 Å². The summed E-state index contributed by atoms with van der Waals surface area (Å²) in [7, 11) is 0. The number of carboxylic acids is 1. The number of halogens is 1. The van der Waals surface area contributed by atoms with E-state index >= 15 is 0 Å². The van der Waals surface area contributed by atoms with Gasteiger partial charge in [0.15, 0.2) is 11.0 Å². The van der Waals surface area contributed by atoms with Gasteiger partial charge in [0.05, 0.1) is 35.4 Å². The van der Waals surface area contributed by atoms with Crippen molar-refractivity contribution in [3.8, 4) is 5.69 Å². The standard InChI is InChI=1S/C24H23FN6O5S/c25-18-4-2-1-3-16(18)22-17-13-15(31(34)35)5-7-20(17)30-23(19(26-22)6-8-21(32)33)27-28-24(30)37-14-29-9-11-36-12-10-29/h1-5,7,13,19H,6,8-12,14H2,(H,32,33)/t19-/m0/s1. The summed E-state index contributed by atoms with van der Waals surface area (Å²) < 4.78 is 22.2. The Morgan fingerprint density at radius 3 is 2.70 bits per heavy atom. The first-order valence-corrected chi connectivity index (χ1v) is 12.6. The average molecular weight is 527 g/mol. The first-order chi connectivity index (χ1) is 17.9. The maximum absolute atomic E-state index is 15.0. The molecule has 0 bridgehead atoms. The molecule has 0 aliphatic carbocycles. The van der Waals surface area contributed by atoms with Crippen LogP contribution < -0.4 is 0 Å². The van der Waals surface area contributed by atoms with Crippen molar-refractivity contribution in [2.45, 2.75) is 24.0 Å². The summed E-state index contributed by atoms with van der Waals surface area (Å²) in [5.74, 6) is -0.541. The first-order valence-electron chi connectivity index (χ1n) is 11.6. The topological polar surface area (TPSA) is 136 Å². The van der Waals surface area contributed by atoms with Crippen LogP contribution in [-0.4, -0.2) is 73.6 Å². The fourth-order valence-corrected chi connectivity index (χ4v) is 5.30. The lowest BCUT2D eigenvalue weighted by Crippen LogP contribution is -2.35. The molecule has 3 aromatic rings. The van der Waals surface area contributed by atoms with E-state index in [1.165, 1.54) is 30.0 Å². The Kier molecular flexibility index (Phi) is 7.26. The van der Waals surface area contributed by atoms with Gasteiger partial charge in [-0.25, -0.2) is 4.39 Å². The van der Waals surface area contributed by atoms with Gasteiger partial charge in [-0.3, -0.25) is 29.4 Å². The van der Waals surface area contributed by atoms with Crippen LogP contribution in [0.15, 0.2) is 52.6 Å². The van der Waals surface area contributed by atoms with E-state index in [4.69, 9.17) is 9.73 Å². The highest BCUT2D eigenvalue weighted by atomic mass is 32.2. The zero-order chi connectivity index (χ0) is 25.9. The van der Waals surface area contributed by atoms with Crippen LogP contribution in [0.25, 0.3) is 5.69 Å². The van der Waals surface area contributed by atoms with Gasteiger partial charge >= 0.3 is 5.97 Å². The van der Waals surface area contributed by atoms with Crippen LogP contribution in [0.1, 0.15) is 35.8 Å². The van der Waals surface area contributed by atoms with Crippen molar-refractivity contribution in [2.24, 2.45) is 4.99 Å². The van der Waals surface area contributed by atoms with Crippen LogP contribution in [0, 0.1) is 15.9 Å². The lowest BCUT2D eigenvalue weighted by atomic mass is 9.99. The van der Waals surface area contributed by atoms with E-state index < -0.39 is 22.8 Å². The Bertz CT molecular complexity index is 1370. The highest BCUT2D eigenvalue weighted by molar-refractivity contribution is 7.99. The number of non-ortho nitro benzene ring substituents is 1. The number of aromatic nitrogens is 3. The molecule has 2 aliphatic rings. The number of nitro benzene ring substituents is 1. The van der Waals surface area contributed by atoms with Crippen molar-refractivity contribution < 1.29 is 24.0 Å². The molecule has 0 saturated carbocycles. The Hall–Kier alpha value is -3.68. The van der Waals surface area contributed by atoms with Crippen molar-refractivity contribution in [3.63, 3.8) is 0 Å². The van der Waals surface area contributed by atoms with Gasteiger partial charge in [-0.05, 0) is 24.6 Å². The second kappa shape index (κ2) is 10.7. The Labute approximate surface area is 215 Å². The van der Waals surface area contributed by atoms with Crippen LogP contribution in [-0.2, 0) is 9.53 Å². The maximum atomic E-state index is 15.0. The maximum Gasteiger partial charge on any atom is 0.303 e. The Balaban J connectivity index is 1.66.